The van der Waals surface area contributed by atoms with E-state index in [-0.39, 0.29) is 11.2 Å². The van der Waals surface area contributed by atoms with Crippen molar-refractivity contribution in [3.63, 3.8) is 0 Å². The molecular weight excluding hydrogens is 324 g/mol. The number of hydrogen-bond acceptors (Lipinski definition) is 4. The highest BCUT2D eigenvalue weighted by atomic mass is 35.5. The first-order valence-corrected chi connectivity index (χ1v) is 8.67. The molecule has 1 aromatic heterocycles. The summed E-state index contributed by atoms with van der Waals surface area (Å²) < 4.78 is 14.4. The first kappa shape index (κ1) is 16.1. The molecule has 0 spiro atoms. The molecule has 5 nitrogen and oxygen atoms in total. The third-order valence-electron chi connectivity index (χ3n) is 5.46. The van der Waals surface area contributed by atoms with E-state index < -0.39 is 7.12 Å². The fourth-order valence-corrected chi connectivity index (χ4v) is 3.56. The normalized spacial score (nSPS) is 20.8. The molecule has 0 bridgehead atoms. The Balaban J connectivity index is 1.78. The first-order valence-electron chi connectivity index (χ1n) is 8.29. The standard InChI is InChI=1S/C17H21BClN3O2/c1-10-20-21-15-7-6-11-8-12(13(19)9-14(11)22(10)15)18-23-16(2,3)17(4,5)24-18/h8-9H,6-7H2,1-5H3. The number of aryl methyl sites for hydroxylation is 3. The fraction of sp³-hybridized carbons (Fsp3) is 0.529. The second-order valence-electron chi connectivity index (χ2n) is 7.59. The molecule has 0 saturated carbocycles. The van der Waals surface area contributed by atoms with Gasteiger partial charge in [-0.25, -0.2) is 0 Å². The SMILES string of the molecule is Cc1nnc2n1-c1cc(Cl)c(B3OC(C)(C)C(C)(C)O3)cc1CC2. The predicted molar refractivity (Wildman–Crippen MR) is 94.2 cm³/mol. The quantitative estimate of drug-likeness (QED) is 0.746. The molecule has 0 amide bonds. The molecule has 0 atom stereocenters. The second kappa shape index (κ2) is 5.07. The van der Waals surface area contributed by atoms with Crippen LogP contribution in [0.15, 0.2) is 12.1 Å². The summed E-state index contributed by atoms with van der Waals surface area (Å²) in [6.07, 6.45) is 1.79. The van der Waals surface area contributed by atoms with Crippen molar-refractivity contribution in [3.8, 4) is 5.69 Å². The topological polar surface area (TPSA) is 49.2 Å². The lowest BCUT2D eigenvalue weighted by Gasteiger charge is -2.32. The molecule has 7 heteroatoms. The summed E-state index contributed by atoms with van der Waals surface area (Å²) in [6, 6.07) is 4.10. The van der Waals surface area contributed by atoms with Crippen LogP contribution >= 0.6 is 11.6 Å². The number of benzene rings is 1. The Bertz CT molecular complexity index is 815. The number of fused-ring (bicyclic) bond motifs is 3. The monoisotopic (exact) mass is 345 g/mol. The number of nitrogens with zero attached hydrogens (tertiary/aromatic N) is 3. The summed E-state index contributed by atoms with van der Waals surface area (Å²) in [5, 5.41) is 9.07. The fourth-order valence-electron chi connectivity index (χ4n) is 3.31. The summed E-state index contributed by atoms with van der Waals surface area (Å²) in [4.78, 5) is 0. The van der Waals surface area contributed by atoms with Gasteiger partial charge in [-0.3, -0.25) is 4.57 Å². The molecule has 1 fully saturated rings. The van der Waals surface area contributed by atoms with E-state index in [1.54, 1.807) is 0 Å². The lowest BCUT2D eigenvalue weighted by molar-refractivity contribution is 0.00578. The highest BCUT2D eigenvalue weighted by molar-refractivity contribution is 6.65. The molecule has 2 aliphatic heterocycles. The van der Waals surface area contributed by atoms with Gasteiger partial charge in [0.05, 0.1) is 16.9 Å². The second-order valence-corrected chi connectivity index (χ2v) is 8.00. The summed E-state index contributed by atoms with van der Waals surface area (Å²) >= 11 is 6.60. The average Bonchev–Trinajstić information content (AvgIpc) is 2.96. The Labute approximate surface area is 147 Å². The van der Waals surface area contributed by atoms with Gasteiger partial charge < -0.3 is 9.31 Å². The third kappa shape index (κ3) is 2.24. The zero-order valence-electron chi connectivity index (χ0n) is 14.7. The van der Waals surface area contributed by atoms with Gasteiger partial charge in [0.15, 0.2) is 0 Å². The first-order chi connectivity index (χ1) is 11.2. The van der Waals surface area contributed by atoms with Crippen LogP contribution in [0.4, 0.5) is 0 Å². The lowest BCUT2D eigenvalue weighted by atomic mass is 9.77. The van der Waals surface area contributed by atoms with Gasteiger partial charge >= 0.3 is 7.12 Å². The van der Waals surface area contributed by atoms with E-state index in [9.17, 15) is 0 Å². The van der Waals surface area contributed by atoms with E-state index in [0.717, 1.165) is 35.6 Å². The van der Waals surface area contributed by atoms with Crippen molar-refractivity contribution in [1.82, 2.24) is 14.8 Å². The summed E-state index contributed by atoms with van der Waals surface area (Å²) in [7, 11) is -0.448. The van der Waals surface area contributed by atoms with Gasteiger partial charge in [-0.15, -0.1) is 10.2 Å². The van der Waals surface area contributed by atoms with Crippen molar-refractivity contribution in [3.05, 3.63) is 34.4 Å². The Morgan fingerprint density at radius 1 is 1.08 bits per heavy atom. The highest BCUT2D eigenvalue weighted by Gasteiger charge is 2.52. The largest absolute Gasteiger partial charge is 0.496 e. The van der Waals surface area contributed by atoms with Crippen molar-refractivity contribution in [2.45, 2.75) is 58.7 Å². The zero-order valence-corrected chi connectivity index (χ0v) is 15.4. The number of hydrogen-bond donors (Lipinski definition) is 0. The van der Waals surface area contributed by atoms with Gasteiger partial charge in [0.2, 0.25) is 0 Å². The Morgan fingerprint density at radius 3 is 2.42 bits per heavy atom. The maximum Gasteiger partial charge on any atom is 0.496 e. The van der Waals surface area contributed by atoms with Crippen LogP contribution in [-0.2, 0) is 22.2 Å². The minimum absolute atomic E-state index is 0.380. The number of rotatable bonds is 1. The molecule has 0 unspecified atom stereocenters. The van der Waals surface area contributed by atoms with Crippen LogP contribution in [0.2, 0.25) is 5.02 Å². The van der Waals surface area contributed by atoms with Crippen molar-refractivity contribution < 1.29 is 9.31 Å². The maximum atomic E-state index is 6.60. The molecule has 0 aliphatic carbocycles. The summed E-state index contributed by atoms with van der Waals surface area (Å²) in [6.45, 7) is 10.2. The van der Waals surface area contributed by atoms with E-state index in [2.05, 4.69) is 20.8 Å². The molecular formula is C17H21BClN3O2. The lowest BCUT2D eigenvalue weighted by Crippen LogP contribution is -2.41. The molecule has 24 heavy (non-hydrogen) atoms. The number of halogens is 1. The van der Waals surface area contributed by atoms with Crippen LogP contribution in [-0.4, -0.2) is 33.1 Å². The van der Waals surface area contributed by atoms with Crippen molar-refractivity contribution in [1.29, 1.82) is 0 Å². The van der Waals surface area contributed by atoms with E-state index in [0.29, 0.717) is 5.02 Å². The van der Waals surface area contributed by atoms with Crippen LogP contribution in [0, 0.1) is 6.92 Å². The van der Waals surface area contributed by atoms with Gasteiger partial charge in [-0.1, -0.05) is 17.7 Å². The molecule has 0 N–H and O–H groups in total. The van der Waals surface area contributed by atoms with Crippen LogP contribution in [0.25, 0.3) is 5.69 Å². The van der Waals surface area contributed by atoms with Gasteiger partial charge in [-0.2, -0.15) is 0 Å². The van der Waals surface area contributed by atoms with Crippen LogP contribution in [0.1, 0.15) is 44.9 Å². The van der Waals surface area contributed by atoms with Crippen LogP contribution in [0.3, 0.4) is 0 Å². The summed E-state index contributed by atoms with van der Waals surface area (Å²) in [5.74, 6) is 1.87. The molecule has 126 valence electrons. The van der Waals surface area contributed by atoms with Gasteiger partial charge in [-0.05, 0) is 52.7 Å². The van der Waals surface area contributed by atoms with E-state index in [1.807, 2.05) is 40.7 Å². The molecule has 0 radical (unpaired) electrons. The van der Waals surface area contributed by atoms with E-state index in [4.69, 9.17) is 20.9 Å². The Morgan fingerprint density at radius 2 is 1.75 bits per heavy atom. The Hall–Kier alpha value is -1.37. The molecule has 1 aromatic carbocycles. The average molecular weight is 346 g/mol. The minimum atomic E-state index is -0.448. The minimum Gasteiger partial charge on any atom is -0.399 e. The van der Waals surface area contributed by atoms with E-state index >= 15 is 0 Å². The Kier molecular flexibility index (Phi) is 3.40. The number of aromatic nitrogens is 3. The van der Waals surface area contributed by atoms with Gasteiger partial charge in [0.1, 0.15) is 11.6 Å². The molecule has 1 saturated heterocycles. The van der Waals surface area contributed by atoms with Crippen molar-refractivity contribution in [2.75, 3.05) is 0 Å². The molecule has 2 aromatic rings. The van der Waals surface area contributed by atoms with Crippen LogP contribution in [0.5, 0.6) is 0 Å². The molecule has 3 heterocycles. The summed E-state index contributed by atoms with van der Waals surface area (Å²) in [5.41, 5.74) is 2.41. The zero-order chi connectivity index (χ0) is 17.3. The highest BCUT2D eigenvalue weighted by Crippen LogP contribution is 2.37. The van der Waals surface area contributed by atoms with E-state index in [1.165, 1.54) is 5.56 Å². The third-order valence-corrected chi connectivity index (χ3v) is 5.78. The molecule has 2 aliphatic rings. The van der Waals surface area contributed by atoms with Crippen molar-refractivity contribution >= 4 is 24.2 Å². The van der Waals surface area contributed by atoms with Crippen molar-refractivity contribution in [2.24, 2.45) is 0 Å². The molecule has 4 rings (SSSR count). The van der Waals surface area contributed by atoms with Gasteiger partial charge in [0.25, 0.3) is 0 Å². The maximum absolute atomic E-state index is 6.60. The van der Waals surface area contributed by atoms with Crippen LogP contribution < -0.4 is 5.46 Å². The smallest absolute Gasteiger partial charge is 0.399 e. The predicted octanol–water partition coefficient (Wildman–Crippen LogP) is 2.63. The van der Waals surface area contributed by atoms with Gasteiger partial charge in [0, 0.05) is 16.9 Å².